The van der Waals surface area contributed by atoms with Crippen LogP contribution in [0.25, 0.3) is 11.1 Å². The van der Waals surface area contributed by atoms with E-state index in [9.17, 15) is 23.1 Å². The molecule has 0 bridgehead atoms. The minimum Gasteiger partial charge on any atom is -0.480 e. The molecule has 2 aliphatic heterocycles. The van der Waals surface area contributed by atoms with Gasteiger partial charge in [0.2, 0.25) is 0 Å². The lowest BCUT2D eigenvalue weighted by molar-refractivity contribution is -0.138. The van der Waals surface area contributed by atoms with Gasteiger partial charge in [0.25, 0.3) is 0 Å². The number of carboxylic acid groups (broad SMARTS) is 1. The summed E-state index contributed by atoms with van der Waals surface area (Å²) in [6, 6.07) is 15.6. The minimum absolute atomic E-state index is 0.0758. The van der Waals surface area contributed by atoms with Crippen LogP contribution in [0.3, 0.4) is 0 Å². The Morgan fingerprint density at radius 1 is 1.09 bits per heavy atom. The summed E-state index contributed by atoms with van der Waals surface area (Å²) >= 11 is 0. The summed E-state index contributed by atoms with van der Waals surface area (Å²) in [6.07, 6.45) is -0.185. The number of benzene rings is 2. The number of aliphatic carboxylic acids is 1. The summed E-state index contributed by atoms with van der Waals surface area (Å²) in [6.45, 7) is 0.479. The van der Waals surface area contributed by atoms with Crippen molar-refractivity contribution in [2.45, 2.75) is 42.1 Å². The van der Waals surface area contributed by atoms with Gasteiger partial charge in [-0.1, -0.05) is 48.5 Å². The molecular weight excluding hydrogens is 446 g/mol. The maximum atomic E-state index is 12.7. The average molecular weight is 472 g/mol. The van der Waals surface area contributed by atoms with Crippen LogP contribution in [-0.4, -0.2) is 61.4 Å². The molecule has 2 aromatic carbocycles. The Labute approximate surface area is 191 Å². The predicted octanol–water partition coefficient (Wildman–Crippen LogP) is 2.71. The summed E-state index contributed by atoms with van der Waals surface area (Å²) in [5.74, 6) is -1.75. The number of carboxylic acids is 1. The summed E-state index contributed by atoms with van der Waals surface area (Å²) < 4.78 is 35.8. The molecule has 33 heavy (non-hydrogen) atoms. The van der Waals surface area contributed by atoms with Crippen molar-refractivity contribution in [2.75, 3.05) is 19.0 Å². The first-order valence-corrected chi connectivity index (χ1v) is 12.7. The summed E-state index contributed by atoms with van der Waals surface area (Å²) in [4.78, 5) is 24.3. The number of carbonyl (C=O) groups is 2. The van der Waals surface area contributed by atoms with Gasteiger partial charge in [-0.2, -0.15) is 0 Å². The van der Waals surface area contributed by atoms with E-state index >= 15 is 0 Å². The van der Waals surface area contributed by atoms with Crippen molar-refractivity contribution in [3.8, 4) is 11.1 Å². The van der Waals surface area contributed by atoms with Gasteiger partial charge in [0, 0.05) is 18.9 Å². The molecule has 1 amide bonds. The van der Waals surface area contributed by atoms with Crippen molar-refractivity contribution in [1.29, 1.82) is 0 Å². The topological polar surface area (TPSA) is 119 Å². The van der Waals surface area contributed by atoms with E-state index in [1.54, 1.807) is 0 Å². The number of carbonyl (C=O) groups excluding carboxylic acids is 1. The molecule has 2 saturated heterocycles. The molecule has 1 aliphatic carbocycles. The Morgan fingerprint density at radius 3 is 2.36 bits per heavy atom. The smallest absolute Gasteiger partial charge is 0.407 e. The molecule has 8 nitrogen and oxygen atoms in total. The molecule has 0 aromatic heterocycles. The van der Waals surface area contributed by atoms with Gasteiger partial charge >= 0.3 is 12.1 Å². The number of hydrogen-bond donors (Lipinski definition) is 2. The number of amides is 1. The zero-order valence-corrected chi connectivity index (χ0v) is 18.7. The molecule has 3 unspecified atom stereocenters. The highest BCUT2D eigenvalue weighted by Crippen LogP contribution is 2.44. The number of sulfone groups is 1. The lowest BCUT2D eigenvalue weighted by Gasteiger charge is -2.39. The number of fused-ring (bicyclic) bond motifs is 3. The van der Waals surface area contributed by atoms with Crippen molar-refractivity contribution in [2.24, 2.45) is 0 Å². The van der Waals surface area contributed by atoms with E-state index < -0.39 is 38.8 Å². The minimum atomic E-state index is -3.74. The molecule has 9 heteroatoms. The van der Waals surface area contributed by atoms with Crippen LogP contribution in [0.1, 0.15) is 36.3 Å². The third-order valence-electron chi connectivity index (χ3n) is 7.12. The van der Waals surface area contributed by atoms with Crippen LogP contribution < -0.4 is 5.32 Å². The average Bonchev–Trinajstić information content (AvgIpc) is 3.33. The number of nitrogens with one attached hydrogen (secondary N) is 1. The van der Waals surface area contributed by atoms with E-state index in [-0.39, 0.29) is 31.1 Å². The van der Waals surface area contributed by atoms with E-state index in [1.165, 1.54) is 0 Å². The first-order chi connectivity index (χ1) is 15.8. The van der Waals surface area contributed by atoms with Crippen molar-refractivity contribution < 1.29 is 32.6 Å². The molecule has 3 aliphatic rings. The molecule has 3 atom stereocenters. The number of ether oxygens (including phenoxy) is 2. The molecule has 174 valence electrons. The van der Waals surface area contributed by atoms with E-state index in [4.69, 9.17) is 9.47 Å². The van der Waals surface area contributed by atoms with E-state index in [0.717, 1.165) is 22.3 Å². The second kappa shape index (κ2) is 8.14. The zero-order valence-electron chi connectivity index (χ0n) is 17.9. The van der Waals surface area contributed by atoms with Crippen LogP contribution in [0.2, 0.25) is 0 Å². The Bertz CT molecular complexity index is 1170. The summed E-state index contributed by atoms with van der Waals surface area (Å²) in [7, 11) is -3.74. The summed E-state index contributed by atoms with van der Waals surface area (Å²) in [5, 5.41) is 10.7. The van der Waals surface area contributed by atoms with Crippen LogP contribution in [0.5, 0.6) is 0 Å². The van der Waals surface area contributed by atoms with Gasteiger partial charge < -0.3 is 19.9 Å². The third-order valence-corrected chi connectivity index (χ3v) is 9.12. The second-order valence-corrected chi connectivity index (χ2v) is 11.2. The molecular formula is C24H25NO7S. The van der Waals surface area contributed by atoms with Crippen LogP contribution in [-0.2, 0) is 24.1 Å². The van der Waals surface area contributed by atoms with Crippen LogP contribution in [0, 0.1) is 0 Å². The molecule has 5 rings (SSSR count). The molecule has 2 N–H and O–H groups in total. The first-order valence-electron chi connectivity index (χ1n) is 11.0. The number of rotatable bonds is 4. The van der Waals surface area contributed by atoms with E-state index in [2.05, 4.69) is 17.4 Å². The van der Waals surface area contributed by atoms with Crippen LogP contribution in [0.4, 0.5) is 4.79 Å². The van der Waals surface area contributed by atoms with Gasteiger partial charge in [0.1, 0.15) is 6.61 Å². The van der Waals surface area contributed by atoms with Gasteiger partial charge in [-0.3, -0.25) is 4.79 Å². The maximum absolute atomic E-state index is 12.7. The standard InChI is InChI=1S/C24H25NO7S/c26-22(27)20-13-24(10-12-33(20,29)30)21(9-11-32-24)25-23(28)31-14-19-17-7-3-1-5-15(17)16-6-2-4-8-18(16)19/h1-8,19-21H,9-14H2,(H,25,28)(H,26,27). The normalized spacial score (nSPS) is 27.6. The van der Waals surface area contributed by atoms with Crippen LogP contribution in [0.15, 0.2) is 48.5 Å². The third kappa shape index (κ3) is 3.79. The van der Waals surface area contributed by atoms with Crippen LogP contribution >= 0.6 is 0 Å². The quantitative estimate of drug-likeness (QED) is 0.704. The first kappa shape index (κ1) is 21.9. The molecule has 2 aromatic rings. The van der Waals surface area contributed by atoms with Crippen molar-refractivity contribution in [3.05, 3.63) is 59.7 Å². The molecule has 2 heterocycles. The Hall–Kier alpha value is -2.91. The highest BCUT2D eigenvalue weighted by atomic mass is 32.2. The van der Waals surface area contributed by atoms with Gasteiger partial charge in [-0.05, 0) is 35.1 Å². The maximum Gasteiger partial charge on any atom is 0.407 e. The molecule has 0 saturated carbocycles. The Morgan fingerprint density at radius 2 is 1.73 bits per heavy atom. The van der Waals surface area contributed by atoms with Gasteiger partial charge in [-0.15, -0.1) is 0 Å². The fourth-order valence-corrected chi connectivity index (χ4v) is 7.18. The second-order valence-electron chi connectivity index (χ2n) is 8.87. The van der Waals surface area contributed by atoms with E-state index in [0.29, 0.717) is 13.0 Å². The SMILES string of the molecule is O=C(NC1CCOC12CCS(=O)(=O)C(C(=O)O)C2)OCC1c2ccccc2-c2ccccc21. The molecule has 0 radical (unpaired) electrons. The number of alkyl carbamates (subject to hydrolysis) is 1. The number of hydrogen-bond acceptors (Lipinski definition) is 6. The fraction of sp³-hybridized carbons (Fsp3) is 0.417. The summed E-state index contributed by atoms with van der Waals surface area (Å²) in [5.41, 5.74) is 3.46. The lowest BCUT2D eigenvalue weighted by atomic mass is 9.86. The van der Waals surface area contributed by atoms with Gasteiger partial charge in [-0.25, -0.2) is 13.2 Å². The molecule has 1 spiro atoms. The fourth-order valence-electron chi connectivity index (χ4n) is 5.42. The van der Waals surface area contributed by atoms with Crippen molar-refractivity contribution in [3.63, 3.8) is 0 Å². The highest BCUT2D eigenvalue weighted by molar-refractivity contribution is 7.92. The van der Waals surface area contributed by atoms with Crippen molar-refractivity contribution >= 4 is 21.9 Å². The molecule has 2 fully saturated rings. The lowest BCUT2D eigenvalue weighted by Crippen LogP contribution is -2.57. The Kier molecular flexibility index (Phi) is 5.41. The largest absolute Gasteiger partial charge is 0.480 e. The van der Waals surface area contributed by atoms with Gasteiger partial charge in [0.05, 0.1) is 17.4 Å². The van der Waals surface area contributed by atoms with Crippen molar-refractivity contribution in [1.82, 2.24) is 5.32 Å². The predicted molar refractivity (Wildman–Crippen MR) is 120 cm³/mol. The van der Waals surface area contributed by atoms with Gasteiger partial charge in [0.15, 0.2) is 15.1 Å². The Balaban J connectivity index is 1.28. The monoisotopic (exact) mass is 471 g/mol. The highest BCUT2D eigenvalue weighted by Gasteiger charge is 2.54. The zero-order chi connectivity index (χ0) is 23.2. The van der Waals surface area contributed by atoms with E-state index in [1.807, 2.05) is 36.4 Å².